The van der Waals surface area contributed by atoms with E-state index in [9.17, 15) is 4.79 Å². The molecule has 1 atom stereocenters. The number of hydrogen-bond acceptors (Lipinski definition) is 6. The molecule has 0 spiro atoms. The number of piperazine rings is 1. The first-order chi connectivity index (χ1) is 14.1. The molecule has 1 aliphatic rings. The average Bonchev–Trinajstić information content (AvgIpc) is 3.16. The van der Waals surface area contributed by atoms with Gasteiger partial charge >= 0.3 is 0 Å². The highest BCUT2D eigenvalue weighted by molar-refractivity contribution is 7.10. The predicted molar refractivity (Wildman–Crippen MR) is 117 cm³/mol. The maximum absolute atomic E-state index is 12.1. The first kappa shape index (κ1) is 19.4. The molecule has 150 valence electrons. The van der Waals surface area contributed by atoms with E-state index in [4.69, 9.17) is 0 Å². The van der Waals surface area contributed by atoms with E-state index in [2.05, 4.69) is 57.9 Å². The fourth-order valence-corrected chi connectivity index (χ4v) is 4.51. The van der Waals surface area contributed by atoms with Crippen LogP contribution in [0.2, 0.25) is 0 Å². The van der Waals surface area contributed by atoms with Crippen molar-refractivity contribution < 1.29 is 4.79 Å². The Balaban J connectivity index is 1.56. The molecule has 0 bridgehead atoms. The van der Waals surface area contributed by atoms with Crippen LogP contribution in [0, 0.1) is 6.92 Å². The fraction of sp³-hybridized carbons (Fsp3) is 0.318. The molecule has 6 nitrogen and oxygen atoms in total. The molecular formula is C22H25N5OS. The van der Waals surface area contributed by atoms with E-state index in [1.54, 1.807) is 22.6 Å². The van der Waals surface area contributed by atoms with Crippen molar-refractivity contribution in [2.45, 2.75) is 19.4 Å². The van der Waals surface area contributed by atoms with E-state index in [1.165, 1.54) is 16.0 Å². The molecular weight excluding hydrogens is 382 g/mol. The molecule has 0 aliphatic carbocycles. The molecule has 3 heterocycles. The maximum atomic E-state index is 12.1. The zero-order valence-electron chi connectivity index (χ0n) is 16.7. The van der Waals surface area contributed by atoms with Crippen LogP contribution in [0.15, 0.2) is 54.2 Å². The van der Waals surface area contributed by atoms with Crippen LogP contribution in [0.3, 0.4) is 0 Å². The van der Waals surface area contributed by atoms with Crippen molar-refractivity contribution in [1.82, 2.24) is 14.9 Å². The number of carbonyl (C=O) groups excluding carboxylic acids is 1. The van der Waals surface area contributed by atoms with E-state index in [-0.39, 0.29) is 11.9 Å². The number of amides is 1. The van der Waals surface area contributed by atoms with Gasteiger partial charge < -0.3 is 15.1 Å². The summed E-state index contributed by atoms with van der Waals surface area (Å²) in [6, 6.07) is 14.7. The SMILES string of the molecule is Cc1ccsc1C(Cc1ccccc1)Nc1cc(N2CCN(C)C(=O)C2)ncn1. The van der Waals surface area contributed by atoms with Gasteiger partial charge in [0.15, 0.2) is 0 Å². The molecule has 3 aromatic rings. The third-order valence-electron chi connectivity index (χ3n) is 5.26. The van der Waals surface area contributed by atoms with Crippen LogP contribution in [0.25, 0.3) is 0 Å². The molecule has 1 unspecified atom stereocenters. The molecule has 1 saturated heterocycles. The summed E-state index contributed by atoms with van der Waals surface area (Å²) in [5.74, 6) is 1.67. The number of rotatable bonds is 6. The van der Waals surface area contributed by atoms with Crippen LogP contribution in [-0.4, -0.2) is 47.5 Å². The molecule has 29 heavy (non-hydrogen) atoms. The van der Waals surface area contributed by atoms with Crippen molar-refractivity contribution in [3.8, 4) is 0 Å². The zero-order valence-corrected chi connectivity index (χ0v) is 17.5. The highest BCUT2D eigenvalue weighted by atomic mass is 32.1. The zero-order chi connectivity index (χ0) is 20.2. The van der Waals surface area contributed by atoms with Crippen molar-refractivity contribution in [3.05, 3.63) is 70.2 Å². The lowest BCUT2D eigenvalue weighted by molar-refractivity contribution is -0.129. The second kappa shape index (κ2) is 8.61. The van der Waals surface area contributed by atoms with E-state index < -0.39 is 0 Å². The van der Waals surface area contributed by atoms with Gasteiger partial charge in [0.25, 0.3) is 0 Å². The number of nitrogens with one attached hydrogen (secondary N) is 1. The normalized spacial score (nSPS) is 15.4. The van der Waals surface area contributed by atoms with Gasteiger partial charge in [0, 0.05) is 31.1 Å². The number of aryl methyl sites for hydroxylation is 1. The highest BCUT2D eigenvalue weighted by Crippen LogP contribution is 2.30. The monoisotopic (exact) mass is 407 g/mol. The van der Waals surface area contributed by atoms with Crippen molar-refractivity contribution in [1.29, 1.82) is 0 Å². The number of anilines is 2. The lowest BCUT2D eigenvalue weighted by Gasteiger charge is -2.32. The van der Waals surface area contributed by atoms with Gasteiger partial charge in [-0.1, -0.05) is 30.3 Å². The van der Waals surface area contributed by atoms with Gasteiger partial charge in [-0.25, -0.2) is 9.97 Å². The molecule has 1 aromatic carbocycles. The van der Waals surface area contributed by atoms with Crippen LogP contribution in [0.1, 0.15) is 22.0 Å². The molecule has 1 fully saturated rings. The van der Waals surface area contributed by atoms with E-state index >= 15 is 0 Å². The molecule has 1 aliphatic heterocycles. The first-order valence-electron chi connectivity index (χ1n) is 9.75. The summed E-state index contributed by atoms with van der Waals surface area (Å²) < 4.78 is 0. The Labute approximate surface area is 175 Å². The lowest BCUT2D eigenvalue weighted by atomic mass is 10.0. The number of nitrogens with zero attached hydrogens (tertiary/aromatic N) is 4. The third kappa shape index (κ3) is 4.56. The van der Waals surface area contributed by atoms with E-state index in [0.717, 1.165) is 24.6 Å². The lowest BCUT2D eigenvalue weighted by Crippen LogP contribution is -2.48. The molecule has 0 radical (unpaired) electrons. The van der Waals surface area contributed by atoms with Crippen molar-refractivity contribution in [2.24, 2.45) is 0 Å². The summed E-state index contributed by atoms with van der Waals surface area (Å²) in [7, 11) is 1.84. The van der Waals surface area contributed by atoms with Gasteiger partial charge in [-0.2, -0.15) is 0 Å². The predicted octanol–water partition coefficient (Wildman–Crippen LogP) is 3.52. The summed E-state index contributed by atoms with van der Waals surface area (Å²) in [4.78, 5) is 26.0. The highest BCUT2D eigenvalue weighted by Gasteiger charge is 2.23. The summed E-state index contributed by atoms with van der Waals surface area (Å²) in [5.41, 5.74) is 2.55. The second-order valence-corrected chi connectivity index (χ2v) is 8.30. The molecule has 0 saturated carbocycles. The molecule has 1 amide bonds. The maximum Gasteiger partial charge on any atom is 0.241 e. The number of thiophene rings is 1. The van der Waals surface area contributed by atoms with E-state index in [0.29, 0.717) is 13.1 Å². The van der Waals surface area contributed by atoms with Crippen LogP contribution in [0.5, 0.6) is 0 Å². The summed E-state index contributed by atoms with van der Waals surface area (Å²) >= 11 is 1.76. The standard InChI is InChI=1S/C22H25N5OS/c1-16-8-11-29-22(16)18(12-17-6-4-3-5-7-17)25-19-13-20(24-15-23-19)27-10-9-26(2)21(28)14-27/h3-8,11,13,15,18H,9-10,12,14H2,1-2H3,(H,23,24,25). The Bertz CT molecular complexity index is 974. The largest absolute Gasteiger partial charge is 0.362 e. The van der Waals surface area contributed by atoms with Gasteiger partial charge in [-0.3, -0.25) is 4.79 Å². The molecule has 7 heteroatoms. The minimum atomic E-state index is 0.112. The van der Waals surface area contributed by atoms with Crippen molar-refractivity contribution in [3.63, 3.8) is 0 Å². The minimum absolute atomic E-state index is 0.112. The van der Waals surface area contributed by atoms with Crippen molar-refractivity contribution >= 4 is 28.9 Å². The second-order valence-electron chi connectivity index (χ2n) is 7.35. The Hall–Kier alpha value is -2.93. The Kier molecular flexibility index (Phi) is 5.76. The van der Waals surface area contributed by atoms with Crippen LogP contribution in [-0.2, 0) is 11.2 Å². The van der Waals surface area contributed by atoms with Gasteiger partial charge in [-0.05, 0) is 35.9 Å². The van der Waals surface area contributed by atoms with E-state index in [1.807, 2.05) is 24.1 Å². The Morgan fingerprint density at radius 3 is 2.72 bits per heavy atom. The van der Waals surface area contributed by atoms with Gasteiger partial charge in [0.2, 0.25) is 5.91 Å². The third-order valence-corrected chi connectivity index (χ3v) is 6.39. The fourth-order valence-electron chi connectivity index (χ4n) is 3.53. The summed E-state index contributed by atoms with van der Waals surface area (Å²) in [5, 5.41) is 5.74. The van der Waals surface area contributed by atoms with Crippen LogP contribution < -0.4 is 10.2 Å². The molecule has 1 N–H and O–H groups in total. The Morgan fingerprint density at radius 2 is 2.00 bits per heavy atom. The Morgan fingerprint density at radius 1 is 1.17 bits per heavy atom. The summed E-state index contributed by atoms with van der Waals surface area (Å²) in [6.45, 7) is 3.98. The van der Waals surface area contributed by atoms with Gasteiger partial charge in [0.05, 0.1) is 12.6 Å². The molecule has 4 rings (SSSR count). The van der Waals surface area contributed by atoms with Crippen LogP contribution >= 0.6 is 11.3 Å². The van der Waals surface area contributed by atoms with Crippen LogP contribution in [0.4, 0.5) is 11.6 Å². The minimum Gasteiger partial charge on any atom is -0.362 e. The quantitative estimate of drug-likeness (QED) is 0.677. The average molecular weight is 408 g/mol. The van der Waals surface area contributed by atoms with Crippen molar-refractivity contribution in [2.75, 3.05) is 36.9 Å². The van der Waals surface area contributed by atoms with Gasteiger partial charge in [-0.15, -0.1) is 11.3 Å². The number of likely N-dealkylation sites (N-methyl/N-ethyl adjacent to an activating group) is 1. The number of hydrogen-bond donors (Lipinski definition) is 1. The molecule has 2 aromatic heterocycles. The first-order valence-corrected chi connectivity index (χ1v) is 10.6. The number of carbonyl (C=O) groups is 1. The smallest absolute Gasteiger partial charge is 0.241 e. The topological polar surface area (TPSA) is 61.4 Å². The van der Waals surface area contributed by atoms with Gasteiger partial charge in [0.1, 0.15) is 18.0 Å². The number of aromatic nitrogens is 2. The summed E-state index contributed by atoms with van der Waals surface area (Å²) in [6.07, 6.45) is 2.44. The number of benzene rings is 1.